The molecule has 2 rings (SSSR count). The summed E-state index contributed by atoms with van der Waals surface area (Å²) in [6, 6.07) is 13.6. The topological polar surface area (TPSA) is 18.5 Å². The van der Waals surface area contributed by atoms with E-state index in [1.165, 1.54) is 34.3 Å². The molecule has 2 aromatic rings. The molecule has 0 saturated heterocycles. The lowest BCUT2D eigenvalue weighted by Crippen LogP contribution is -2.28. The van der Waals surface area contributed by atoms with E-state index in [1.807, 2.05) is 0 Å². The summed E-state index contributed by atoms with van der Waals surface area (Å²) in [5.74, 6) is 2.13. The van der Waals surface area contributed by atoms with Crippen LogP contribution in [0.5, 0.6) is 11.5 Å². The Balaban J connectivity index is 2.09. The van der Waals surface area contributed by atoms with E-state index in [4.69, 9.17) is 9.47 Å². The molecule has 0 N–H and O–H groups in total. The maximum absolute atomic E-state index is 5.97. The van der Waals surface area contributed by atoms with Crippen molar-refractivity contribution in [2.75, 3.05) is 13.2 Å². The average molecular weight is 385 g/mol. The van der Waals surface area contributed by atoms with E-state index in [0.717, 1.165) is 50.4 Å². The zero-order chi connectivity index (χ0) is 19.5. The van der Waals surface area contributed by atoms with E-state index >= 15 is 0 Å². The van der Waals surface area contributed by atoms with E-state index in [-0.39, 0.29) is 0 Å². The van der Waals surface area contributed by atoms with Crippen molar-refractivity contribution in [3.63, 3.8) is 0 Å². The fourth-order valence-corrected chi connectivity index (χ4v) is 4.85. The van der Waals surface area contributed by atoms with E-state index < -0.39 is 9.52 Å². The van der Waals surface area contributed by atoms with Gasteiger partial charge in [-0.3, -0.25) is 0 Å². The minimum absolute atomic E-state index is 0.486. The maximum Gasteiger partial charge on any atom is 0.122 e. The molecule has 0 amide bonds. The lowest BCUT2D eigenvalue weighted by Gasteiger charge is -2.14. The van der Waals surface area contributed by atoms with Gasteiger partial charge in [0.25, 0.3) is 0 Å². The van der Waals surface area contributed by atoms with Crippen LogP contribution in [-0.4, -0.2) is 22.7 Å². The SMILES string of the molecule is CCCCOc1ccc([SiH2]c2ccc(OCCCC)c(CC)c2)cc1CC. The van der Waals surface area contributed by atoms with Crippen LogP contribution in [0.4, 0.5) is 0 Å². The molecule has 0 spiro atoms. The van der Waals surface area contributed by atoms with Crippen LogP contribution in [-0.2, 0) is 12.8 Å². The van der Waals surface area contributed by atoms with Crippen LogP contribution in [0.1, 0.15) is 64.5 Å². The molecule has 0 aliphatic heterocycles. The molecular formula is C24H36O2Si. The molecule has 0 atom stereocenters. The zero-order valence-corrected chi connectivity index (χ0v) is 19.1. The first kappa shape index (κ1) is 21.6. The van der Waals surface area contributed by atoms with Crippen molar-refractivity contribution < 1.29 is 9.47 Å². The minimum atomic E-state index is -0.486. The zero-order valence-electron chi connectivity index (χ0n) is 17.6. The predicted molar refractivity (Wildman–Crippen MR) is 120 cm³/mol. The quantitative estimate of drug-likeness (QED) is 0.401. The van der Waals surface area contributed by atoms with E-state index in [1.54, 1.807) is 0 Å². The highest BCUT2D eigenvalue weighted by Gasteiger charge is 2.08. The van der Waals surface area contributed by atoms with Crippen molar-refractivity contribution in [2.24, 2.45) is 0 Å². The summed E-state index contributed by atoms with van der Waals surface area (Å²) in [4.78, 5) is 0. The first-order valence-corrected chi connectivity index (χ1v) is 12.1. The standard InChI is InChI=1S/C24H36O2Si/c1-5-9-15-25-23-13-11-21(17-19(23)7-3)27-22-12-14-24(20(8-4)18-22)26-16-10-6-2/h11-14,17-18H,5-10,15-16,27H2,1-4H3. The number of unbranched alkanes of at least 4 members (excludes halogenated alkanes) is 2. The van der Waals surface area contributed by atoms with Crippen LogP contribution in [0.15, 0.2) is 36.4 Å². The largest absolute Gasteiger partial charge is 0.493 e. The first-order valence-electron chi connectivity index (χ1n) is 10.7. The second kappa shape index (κ2) is 11.9. The summed E-state index contributed by atoms with van der Waals surface area (Å²) in [5, 5.41) is 2.97. The summed E-state index contributed by atoms with van der Waals surface area (Å²) in [5.41, 5.74) is 2.68. The van der Waals surface area contributed by atoms with Crippen LogP contribution in [0.3, 0.4) is 0 Å². The smallest absolute Gasteiger partial charge is 0.122 e. The number of hydrogen-bond acceptors (Lipinski definition) is 2. The van der Waals surface area contributed by atoms with Crippen LogP contribution < -0.4 is 19.8 Å². The molecule has 0 unspecified atom stereocenters. The fourth-order valence-electron chi connectivity index (χ4n) is 3.21. The number of aryl methyl sites for hydroxylation is 2. The lowest BCUT2D eigenvalue weighted by molar-refractivity contribution is 0.306. The van der Waals surface area contributed by atoms with E-state index in [2.05, 4.69) is 64.1 Å². The highest BCUT2D eigenvalue weighted by atomic mass is 28.2. The van der Waals surface area contributed by atoms with Gasteiger partial charge in [0, 0.05) is 0 Å². The van der Waals surface area contributed by atoms with Crippen molar-refractivity contribution in [1.82, 2.24) is 0 Å². The van der Waals surface area contributed by atoms with E-state index in [0.29, 0.717) is 0 Å². The molecule has 0 aliphatic carbocycles. The fraction of sp³-hybridized carbons (Fsp3) is 0.500. The molecule has 3 heteroatoms. The molecule has 0 fully saturated rings. The molecule has 0 bridgehead atoms. The van der Waals surface area contributed by atoms with Crippen molar-refractivity contribution >= 4 is 19.9 Å². The normalized spacial score (nSPS) is 10.8. The molecule has 0 saturated carbocycles. The van der Waals surface area contributed by atoms with Gasteiger partial charge in [0.2, 0.25) is 0 Å². The molecule has 2 nitrogen and oxygen atoms in total. The van der Waals surface area contributed by atoms with Gasteiger partial charge < -0.3 is 9.47 Å². The van der Waals surface area contributed by atoms with Gasteiger partial charge in [0.15, 0.2) is 0 Å². The maximum atomic E-state index is 5.97. The van der Waals surface area contributed by atoms with Crippen molar-refractivity contribution in [3.05, 3.63) is 47.5 Å². The Morgan fingerprint density at radius 2 is 1.11 bits per heavy atom. The summed E-state index contributed by atoms with van der Waals surface area (Å²) >= 11 is 0. The molecule has 2 aromatic carbocycles. The van der Waals surface area contributed by atoms with Crippen molar-refractivity contribution in [2.45, 2.75) is 66.2 Å². The molecule has 148 valence electrons. The molecule has 0 aliphatic rings. The Morgan fingerprint density at radius 1 is 0.667 bits per heavy atom. The third kappa shape index (κ3) is 6.73. The van der Waals surface area contributed by atoms with Gasteiger partial charge in [-0.15, -0.1) is 0 Å². The van der Waals surface area contributed by atoms with Gasteiger partial charge in [-0.1, -0.05) is 75.2 Å². The summed E-state index contributed by atoms with van der Waals surface area (Å²) < 4.78 is 11.9. The van der Waals surface area contributed by atoms with Gasteiger partial charge in [-0.2, -0.15) is 0 Å². The Bertz CT molecular complexity index is 637. The van der Waals surface area contributed by atoms with Crippen LogP contribution in [0.25, 0.3) is 0 Å². The average Bonchev–Trinajstić information content (AvgIpc) is 2.70. The lowest BCUT2D eigenvalue weighted by atomic mass is 10.1. The van der Waals surface area contributed by atoms with Crippen LogP contribution in [0.2, 0.25) is 0 Å². The highest BCUT2D eigenvalue weighted by molar-refractivity contribution is 6.67. The number of ether oxygens (including phenoxy) is 2. The Labute approximate surface area is 168 Å². The summed E-state index contributed by atoms with van der Waals surface area (Å²) in [6.07, 6.45) is 6.62. The molecule has 0 radical (unpaired) electrons. The number of rotatable bonds is 12. The van der Waals surface area contributed by atoms with Crippen LogP contribution >= 0.6 is 0 Å². The second-order valence-corrected chi connectivity index (χ2v) is 9.16. The minimum Gasteiger partial charge on any atom is -0.493 e. The molecular weight excluding hydrogens is 348 g/mol. The molecule has 0 aromatic heterocycles. The highest BCUT2D eigenvalue weighted by Crippen LogP contribution is 2.19. The summed E-state index contributed by atoms with van der Waals surface area (Å²) in [6.45, 7) is 10.5. The van der Waals surface area contributed by atoms with E-state index in [9.17, 15) is 0 Å². The Morgan fingerprint density at radius 3 is 1.48 bits per heavy atom. The first-order chi connectivity index (χ1) is 13.2. The Kier molecular flexibility index (Phi) is 9.47. The second-order valence-electron chi connectivity index (χ2n) is 7.17. The predicted octanol–water partition coefficient (Wildman–Crippen LogP) is 4.29. The third-order valence-electron chi connectivity index (χ3n) is 4.93. The van der Waals surface area contributed by atoms with Gasteiger partial charge in [0.1, 0.15) is 11.5 Å². The van der Waals surface area contributed by atoms with Gasteiger partial charge >= 0.3 is 0 Å². The number of benzene rings is 2. The monoisotopic (exact) mass is 384 g/mol. The molecule has 0 heterocycles. The van der Waals surface area contributed by atoms with Gasteiger partial charge in [0.05, 0.1) is 22.7 Å². The summed E-state index contributed by atoms with van der Waals surface area (Å²) in [7, 11) is -0.486. The van der Waals surface area contributed by atoms with Gasteiger partial charge in [-0.25, -0.2) is 0 Å². The Hall–Kier alpha value is -1.74. The number of hydrogen-bond donors (Lipinski definition) is 0. The van der Waals surface area contributed by atoms with Crippen molar-refractivity contribution in [1.29, 1.82) is 0 Å². The third-order valence-corrected chi connectivity index (χ3v) is 6.63. The van der Waals surface area contributed by atoms with Crippen molar-refractivity contribution in [3.8, 4) is 11.5 Å². The van der Waals surface area contributed by atoms with Crippen LogP contribution in [0, 0.1) is 0 Å². The van der Waals surface area contributed by atoms with Gasteiger partial charge in [-0.05, 0) is 48.9 Å². The molecule has 27 heavy (non-hydrogen) atoms.